The van der Waals surface area contributed by atoms with Crippen molar-refractivity contribution in [2.24, 2.45) is 11.8 Å². The van der Waals surface area contributed by atoms with Gasteiger partial charge < -0.3 is 11.1 Å². The number of carbonyl (C=O) groups excluding carboxylic acids is 1. The summed E-state index contributed by atoms with van der Waals surface area (Å²) in [5.41, 5.74) is 8.48. The third-order valence-electron chi connectivity index (χ3n) is 4.65. The number of amides is 1. The molecule has 1 aliphatic carbocycles. The maximum atomic E-state index is 12.4. The number of hydrogen-bond donors (Lipinski definition) is 2. The fourth-order valence-corrected chi connectivity index (χ4v) is 3.24. The van der Waals surface area contributed by atoms with E-state index in [1.165, 1.54) is 32.1 Å². The Bertz CT molecular complexity index is 476. The van der Waals surface area contributed by atoms with Crippen LogP contribution in [0.3, 0.4) is 0 Å². The number of unbranched alkanes of at least 4 members (excludes halogenated alkanes) is 1. The monoisotopic (exact) mass is 288 g/mol. The number of nitrogens with one attached hydrogen (secondary N) is 1. The fraction of sp³-hybridized carbons (Fsp3) is 0.611. The van der Waals surface area contributed by atoms with Crippen LogP contribution in [0.2, 0.25) is 0 Å². The number of benzene rings is 1. The summed E-state index contributed by atoms with van der Waals surface area (Å²) in [6.07, 6.45) is 8.35. The van der Waals surface area contributed by atoms with Crippen molar-refractivity contribution in [3.63, 3.8) is 0 Å². The topological polar surface area (TPSA) is 55.1 Å². The van der Waals surface area contributed by atoms with Crippen molar-refractivity contribution < 1.29 is 4.79 Å². The lowest BCUT2D eigenvalue weighted by Crippen LogP contribution is -2.27. The van der Waals surface area contributed by atoms with Gasteiger partial charge in [0.05, 0.1) is 11.4 Å². The van der Waals surface area contributed by atoms with Crippen LogP contribution in [-0.2, 0) is 4.79 Å². The molecule has 2 rings (SSSR count). The maximum Gasteiger partial charge on any atom is 0.227 e. The van der Waals surface area contributed by atoms with Crippen LogP contribution in [0.15, 0.2) is 18.2 Å². The lowest BCUT2D eigenvalue weighted by atomic mass is 9.79. The van der Waals surface area contributed by atoms with Gasteiger partial charge in [-0.25, -0.2) is 0 Å². The molecule has 0 atom stereocenters. The Balaban J connectivity index is 1.84. The van der Waals surface area contributed by atoms with Gasteiger partial charge in [-0.15, -0.1) is 0 Å². The largest absolute Gasteiger partial charge is 0.397 e. The Hall–Kier alpha value is -1.51. The van der Waals surface area contributed by atoms with Crippen molar-refractivity contribution in [2.75, 3.05) is 11.1 Å². The quantitative estimate of drug-likeness (QED) is 0.783. The molecule has 1 fully saturated rings. The molecular weight excluding hydrogens is 260 g/mol. The van der Waals surface area contributed by atoms with E-state index in [1.54, 1.807) is 0 Å². The molecule has 3 N–H and O–H groups in total. The minimum Gasteiger partial charge on any atom is -0.397 e. The smallest absolute Gasteiger partial charge is 0.227 e. The van der Waals surface area contributed by atoms with E-state index in [0.717, 1.165) is 30.0 Å². The molecule has 1 saturated carbocycles. The molecule has 0 radical (unpaired) electrons. The average Bonchev–Trinajstić information content (AvgIpc) is 2.48. The Morgan fingerprint density at radius 1 is 1.29 bits per heavy atom. The number of anilines is 2. The van der Waals surface area contributed by atoms with Crippen LogP contribution < -0.4 is 11.1 Å². The van der Waals surface area contributed by atoms with E-state index in [2.05, 4.69) is 12.2 Å². The zero-order valence-electron chi connectivity index (χ0n) is 13.3. The van der Waals surface area contributed by atoms with Crippen LogP contribution in [-0.4, -0.2) is 5.91 Å². The number of nitrogen functional groups attached to an aromatic ring is 1. The van der Waals surface area contributed by atoms with Crippen molar-refractivity contribution >= 4 is 17.3 Å². The molecule has 1 aromatic rings. The highest BCUT2D eigenvalue weighted by Crippen LogP contribution is 2.33. The highest BCUT2D eigenvalue weighted by Gasteiger charge is 2.26. The first-order valence-corrected chi connectivity index (χ1v) is 8.27. The summed E-state index contributed by atoms with van der Waals surface area (Å²) >= 11 is 0. The van der Waals surface area contributed by atoms with E-state index in [-0.39, 0.29) is 11.8 Å². The minimum absolute atomic E-state index is 0.138. The molecule has 0 saturated heterocycles. The lowest BCUT2D eigenvalue weighted by molar-refractivity contribution is -0.121. The molecule has 3 nitrogen and oxygen atoms in total. The number of hydrogen-bond acceptors (Lipinski definition) is 2. The Morgan fingerprint density at radius 3 is 2.62 bits per heavy atom. The highest BCUT2D eigenvalue weighted by atomic mass is 16.1. The molecule has 3 heteroatoms. The molecule has 0 aliphatic heterocycles. The Labute approximate surface area is 128 Å². The second kappa shape index (κ2) is 7.48. The Morgan fingerprint density at radius 2 is 2.00 bits per heavy atom. The predicted molar refractivity (Wildman–Crippen MR) is 89.2 cm³/mol. The number of aryl methyl sites for hydroxylation is 1. The van der Waals surface area contributed by atoms with Gasteiger partial charge in [-0.3, -0.25) is 4.79 Å². The highest BCUT2D eigenvalue weighted by molar-refractivity contribution is 5.95. The molecule has 0 aromatic heterocycles. The van der Waals surface area contributed by atoms with Crippen LogP contribution >= 0.6 is 0 Å². The van der Waals surface area contributed by atoms with E-state index in [1.807, 2.05) is 25.1 Å². The van der Waals surface area contributed by atoms with E-state index in [4.69, 9.17) is 5.73 Å². The number of carbonyl (C=O) groups is 1. The molecule has 1 aromatic carbocycles. The van der Waals surface area contributed by atoms with Crippen molar-refractivity contribution in [3.8, 4) is 0 Å². The second-order valence-electron chi connectivity index (χ2n) is 6.44. The zero-order valence-corrected chi connectivity index (χ0v) is 13.3. The number of nitrogens with two attached hydrogens (primary N) is 1. The summed E-state index contributed by atoms with van der Waals surface area (Å²) in [5, 5.41) is 3.00. The van der Waals surface area contributed by atoms with Crippen LogP contribution in [0, 0.1) is 18.8 Å². The Kier molecular flexibility index (Phi) is 5.66. The molecular formula is C18H28N2O. The lowest BCUT2D eigenvalue weighted by Gasteiger charge is -2.27. The first-order valence-electron chi connectivity index (χ1n) is 8.27. The summed E-state index contributed by atoms with van der Waals surface area (Å²) in [4.78, 5) is 12.4. The van der Waals surface area contributed by atoms with Gasteiger partial charge in [0.25, 0.3) is 0 Å². The van der Waals surface area contributed by atoms with Gasteiger partial charge in [-0.05, 0) is 56.2 Å². The molecule has 1 amide bonds. The van der Waals surface area contributed by atoms with Crippen molar-refractivity contribution in [1.82, 2.24) is 0 Å². The molecule has 0 bridgehead atoms. The first-order chi connectivity index (χ1) is 10.1. The van der Waals surface area contributed by atoms with Crippen LogP contribution in [0.25, 0.3) is 0 Å². The van der Waals surface area contributed by atoms with Crippen molar-refractivity contribution in [1.29, 1.82) is 0 Å². The second-order valence-corrected chi connectivity index (χ2v) is 6.44. The third kappa shape index (κ3) is 4.48. The predicted octanol–water partition coefficient (Wildman–Crippen LogP) is 4.51. The SMILES string of the molecule is CCCCC1CCC(C(=O)Nc2ccc(C)cc2N)CC1. The summed E-state index contributed by atoms with van der Waals surface area (Å²) < 4.78 is 0. The van der Waals surface area contributed by atoms with E-state index in [0.29, 0.717) is 5.69 Å². The van der Waals surface area contributed by atoms with E-state index in [9.17, 15) is 4.79 Å². The average molecular weight is 288 g/mol. The van der Waals surface area contributed by atoms with Gasteiger partial charge in [0, 0.05) is 5.92 Å². The summed E-state index contributed by atoms with van der Waals surface area (Å²) in [5.74, 6) is 1.13. The standard InChI is InChI=1S/C18H28N2O/c1-3-4-5-14-7-9-15(10-8-14)18(21)20-17-11-6-13(2)12-16(17)19/h6,11-12,14-15H,3-5,7-10,19H2,1-2H3,(H,20,21). The van der Waals surface area contributed by atoms with Crippen molar-refractivity contribution in [3.05, 3.63) is 23.8 Å². The molecule has 21 heavy (non-hydrogen) atoms. The molecule has 1 aliphatic rings. The van der Waals surface area contributed by atoms with Gasteiger partial charge in [-0.1, -0.05) is 32.3 Å². The third-order valence-corrected chi connectivity index (χ3v) is 4.65. The molecule has 0 spiro atoms. The normalized spacial score (nSPS) is 22.0. The number of rotatable bonds is 5. The van der Waals surface area contributed by atoms with Crippen molar-refractivity contribution in [2.45, 2.75) is 58.8 Å². The van der Waals surface area contributed by atoms with Gasteiger partial charge in [-0.2, -0.15) is 0 Å². The van der Waals surface area contributed by atoms with Gasteiger partial charge in [0.2, 0.25) is 5.91 Å². The van der Waals surface area contributed by atoms with Crippen LogP contribution in [0.4, 0.5) is 11.4 Å². The molecule has 0 heterocycles. The van der Waals surface area contributed by atoms with Gasteiger partial charge in [0.1, 0.15) is 0 Å². The first kappa shape index (κ1) is 15.9. The van der Waals surface area contributed by atoms with E-state index >= 15 is 0 Å². The minimum atomic E-state index is 0.138. The summed E-state index contributed by atoms with van der Waals surface area (Å²) in [6.45, 7) is 4.24. The van der Waals surface area contributed by atoms with Gasteiger partial charge >= 0.3 is 0 Å². The summed E-state index contributed by atoms with van der Waals surface area (Å²) in [7, 11) is 0. The summed E-state index contributed by atoms with van der Waals surface area (Å²) in [6, 6.07) is 5.78. The molecule has 116 valence electrons. The fourth-order valence-electron chi connectivity index (χ4n) is 3.24. The zero-order chi connectivity index (χ0) is 15.2. The molecule has 0 unspecified atom stereocenters. The van der Waals surface area contributed by atoms with E-state index < -0.39 is 0 Å². The van der Waals surface area contributed by atoms with Gasteiger partial charge in [0.15, 0.2) is 0 Å². The maximum absolute atomic E-state index is 12.4. The van der Waals surface area contributed by atoms with Crippen LogP contribution in [0.1, 0.15) is 57.4 Å². The van der Waals surface area contributed by atoms with Crippen LogP contribution in [0.5, 0.6) is 0 Å².